The molecular weight excluding hydrogens is 452 g/mol. The summed E-state index contributed by atoms with van der Waals surface area (Å²) in [6.07, 6.45) is 6.59. The molecule has 0 bridgehead atoms. The Morgan fingerprint density at radius 3 is 2.69 bits per heavy atom. The first-order chi connectivity index (χ1) is 17.5. The lowest BCUT2D eigenvalue weighted by Crippen LogP contribution is -2.43. The van der Waals surface area contributed by atoms with Crippen molar-refractivity contribution in [1.29, 1.82) is 0 Å². The zero-order valence-corrected chi connectivity index (χ0v) is 21.5. The molecule has 0 aromatic heterocycles. The van der Waals surface area contributed by atoms with Crippen LogP contribution in [0.15, 0.2) is 42.5 Å². The molecule has 2 aromatic rings. The highest BCUT2D eigenvalue weighted by Gasteiger charge is 2.36. The maximum absolute atomic E-state index is 13.6. The van der Waals surface area contributed by atoms with E-state index in [2.05, 4.69) is 47.5 Å². The smallest absolute Gasteiger partial charge is 0.260 e. The monoisotopic (exact) mass is 490 g/mol. The third-order valence-corrected chi connectivity index (χ3v) is 7.90. The highest BCUT2D eigenvalue weighted by molar-refractivity contribution is 5.81. The highest BCUT2D eigenvalue weighted by Crippen LogP contribution is 2.40. The normalized spacial score (nSPS) is 22.8. The van der Waals surface area contributed by atoms with Gasteiger partial charge in [0, 0.05) is 25.6 Å². The van der Waals surface area contributed by atoms with Gasteiger partial charge in [-0.25, -0.2) is 0 Å². The second-order valence-corrected chi connectivity index (χ2v) is 10.6. The van der Waals surface area contributed by atoms with Gasteiger partial charge in [0.2, 0.25) is 5.91 Å². The van der Waals surface area contributed by atoms with E-state index in [-0.39, 0.29) is 29.9 Å². The summed E-state index contributed by atoms with van der Waals surface area (Å²) >= 11 is 0. The summed E-state index contributed by atoms with van der Waals surface area (Å²) in [5.74, 6) is 0.918. The van der Waals surface area contributed by atoms with E-state index in [4.69, 9.17) is 9.47 Å². The van der Waals surface area contributed by atoms with Crippen LogP contribution < -0.4 is 10.1 Å². The minimum atomic E-state index is -0.623. The van der Waals surface area contributed by atoms with E-state index >= 15 is 0 Å². The van der Waals surface area contributed by atoms with Crippen molar-refractivity contribution < 1.29 is 19.1 Å². The number of benzene rings is 2. The zero-order valence-electron chi connectivity index (χ0n) is 21.5. The summed E-state index contributed by atoms with van der Waals surface area (Å²) in [7, 11) is 0. The van der Waals surface area contributed by atoms with Gasteiger partial charge in [-0.1, -0.05) is 48.7 Å². The molecule has 5 rings (SSSR count). The molecule has 2 fully saturated rings. The van der Waals surface area contributed by atoms with E-state index in [1.54, 1.807) is 6.92 Å². The summed E-state index contributed by atoms with van der Waals surface area (Å²) in [5, 5.41) is 2.96. The van der Waals surface area contributed by atoms with Crippen LogP contribution in [0.2, 0.25) is 0 Å². The Hall–Kier alpha value is -2.86. The number of hydrogen-bond donors (Lipinski definition) is 1. The molecule has 1 N–H and O–H groups in total. The number of carbonyl (C=O) groups is 2. The molecule has 1 saturated heterocycles. The first-order valence-electron chi connectivity index (χ1n) is 13.6. The molecular formula is C30H38N2O4. The van der Waals surface area contributed by atoms with Crippen LogP contribution in [0, 0.1) is 12.8 Å². The van der Waals surface area contributed by atoms with Crippen LogP contribution in [0.4, 0.5) is 0 Å². The van der Waals surface area contributed by atoms with Gasteiger partial charge < -0.3 is 19.7 Å². The number of rotatable bonds is 7. The minimum absolute atomic E-state index is 0.100. The van der Waals surface area contributed by atoms with E-state index in [9.17, 15) is 9.59 Å². The van der Waals surface area contributed by atoms with Gasteiger partial charge in [-0.05, 0) is 74.8 Å². The maximum Gasteiger partial charge on any atom is 0.260 e. The van der Waals surface area contributed by atoms with Crippen molar-refractivity contribution in [1.82, 2.24) is 10.2 Å². The Bertz CT molecular complexity index is 1090. The van der Waals surface area contributed by atoms with E-state index in [0.29, 0.717) is 12.3 Å². The topological polar surface area (TPSA) is 67.9 Å². The molecule has 3 aliphatic rings. The maximum atomic E-state index is 13.6. The molecule has 1 aliphatic carbocycles. The highest BCUT2D eigenvalue weighted by atomic mass is 16.5. The van der Waals surface area contributed by atoms with Crippen molar-refractivity contribution in [2.45, 2.75) is 77.0 Å². The van der Waals surface area contributed by atoms with Gasteiger partial charge in [0.25, 0.3) is 5.91 Å². The van der Waals surface area contributed by atoms with E-state index in [1.807, 2.05) is 12.1 Å². The van der Waals surface area contributed by atoms with E-state index in [1.165, 1.54) is 11.1 Å². The van der Waals surface area contributed by atoms with Crippen LogP contribution in [0.3, 0.4) is 0 Å². The molecule has 36 heavy (non-hydrogen) atoms. The number of ether oxygens (including phenoxy) is 2. The second kappa shape index (κ2) is 11.0. The Morgan fingerprint density at radius 2 is 1.94 bits per heavy atom. The van der Waals surface area contributed by atoms with Crippen molar-refractivity contribution >= 4 is 11.8 Å². The number of fused-ring (bicyclic) bond motifs is 1. The fraction of sp³-hybridized carbons (Fsp3) is 0.533. The predicted octanol–water partition coefficient (Wildman–Crippen LogP) is 4.72. The summed E-state index contributed by atoms with van der Waals surface area (Å²) in [5.41, 5.74) is 4.64. The third-order valence-electron chi connectivity index (χ3n) is 7.90. The third kappa shape index (κ3) is 5.44. The summed E-state index contributed by atoms with van der Waals surface area (Å²) in [4.78, 5) is 28.4. The quantitative estimate of drug-likeness (QED) is 0.610. The van der Waals surface area contributed by atoms with Crippen LogP contribution >= 0.6 is 0 Å². The van der Waals surface area contributed by atoms with Crippen LogP contribution in [0.5, 0.6) is 5.75 Å². The van der Waals surface area contributed by atoms with Gasteiger partial charge in [0.05, 0.1) is 12.1 Å². The molecule has 2 aliphatic heterocycles. The van der Waals surface area contributed by atoms with Gasteiger partial charge in [-0.3, -0.25) is 9.59 Å². The molecule has 2 aromatic carbocycles. The molecule has 2 heterocycles. The number of nitrogens with zero attached hydrogens (tertiary/aromatic N) is 1. The fourth-order valence-corrected chi connectivity index (χ4v) is 5.93. The largest absolute Gasteiger partial charge is 0.481 e. The molecule has 2 amide bonds. The lowest BCUT2D eigenvalue weighted by Gasteiger charge is -2.39. The molecule has 6 heteroatoms. The molecule has 1 saturated carbocycles. The van der Waals surface area contributed by atoms with Crippen molar-refractivity contribution in [2.75, 3.05) is 19.7 Å². The summed E-state index contributed by atoms with van der Waals surface area (Å²) < 4.78 is 11.7. The van der Waals surface area contributed by atoms with E-state index < -0.39 is 6.10 Å². The number of amides is 2. The van der Waals surface area contributed by atoms with Crippen molar-refractivity contribution in [3.8, 4) is 5.75 Å². The molecule has 0 radical (unpaired) electrons. The first-order valence-corrected chi connectivity index (χ1v) is 13.6. The summed E-state index contributed by atoms with van der Waals surface area (Å²) in [6, 6.07) is 14.4. The lowest BCUT2D eigenvalue weighted by atomic mass is 9.86. The van der Waals surface area contributed by atoms with Gasteiger partial charge in [-0.15, -0.1) is 0 Å². The minimum Gasteiger partial charge on any atom is -0.481 e. The Kier molecular flexibility index (Phi) is 7.61. The van der Waals surface area contributed by atoms with Crippen LogP contribution in [-0.2, 0) is 20.7 Å². The van der Waals surface area contributed by atoms with Gasteiger partial charge >= 0.3 is 0 Å². The number of nitrogens with one attached hydrogen (secondary N) is 1. The van der Waals surface area contributed by atoms with Gasteiger partial charge in [0.1, 0.15) is 5.75 Å². The lowest BCUT2D eigenvalue weighted by molar-refractivity contribution is -0.137. The molecule has 0 spiro atoms. The standard InChI is InChI=1S/C30H38N2O4/c1-20-7-5-10-24(17-20)28-27-18-25(36-21(2)29(33)31-19-26-11-6-16-35-26)13-12-22(27)14-15-32(28)30(34)23-8-3-4-9-23/h5,7,10,12-13,17-18,21,23,26,28H,3-4,6,8-9,11,14-16,19H2,1-2H3,(H,31,33)/t21-,26-,28+/m0/s1. The average molecular weight is 491 g/mol. The SMILES string of the molecule is Cc1cccc([C@@H]2c3cc(O[C@@H](C)C(=O)NC[C@@H]4CCCO4)ccc3CCN2C(=O)C2CCCC2)c1. The number of hydrogen-bond acceptors (Lipinski definition) is 4. The first kappa shape index (κ1) is 24.8. The van der Waals surface area contributed by atoms with E-state index in [0.717, 1.165) is 69.2 Å². The molecule has 0 unspecified atom stereocenters. The fourth-order valence-electron chi connectivity index (χ4n) is 5.93. The number of aryl methyl sites for hydroxylation is 1. The zero-order chi connectivity index (χ0) is 25.1. The van der Waals surface area contributed by atoms with Crippen LogP contribution in [0.25, 0.3) is 0 Å². The molecule has 6 nitrogen and oxygen atoms in total. The Labute approximate surface area is 214 Å². The van der Waals surface area contributed by atoms with Crippen molar-refractivity contribution in [2.24, 2.45) is 5.92 Å². The Balaban J connectivity index is 1.38. The van der Waals surface area contributed by atoms with Crippen molar-refractivity contribution in [3.05, 3.63) is 64.7 Å². The molecule has 3 atom stereocenters. The van der Waals surface area contributed by atoms with Crippen LogP contribution in [-0.4, -0.2) is 48.6 Å². The average Bonchev–Trinajstić information content (AvgIpc) is 3.61. The van der Waals surface area contributed by atoms with Crippen molar-refractivity contribution in [3.63, 3.8) is 0 Å². The van der Waals surface area contributed by atoms with Gasteiger partial charge in [0.15, 0.2) is 6.10 Å². The number of carbonyl (C=O) groups excluding carboxylic acids is 2. The predicted molar refractivity (Wildman–Crippen MR) is 139 cm³/mol. The second-order valence-electron chi connectivity index (χ2n) is 10.6. The van der Waals surface area contributed by atoms with Gasteiger partial charge in [-0.2, -0.15) is 0 Å². The molecule has 192 valence electrons. The summed E-state index contributed by atoms with van der Waals surface area (Å²) in [6.45, 7) is 5.88. The van der Waals surface area contributed by atoms with Crippen LogP contribution in [0.1, 0.15) is 73.7 Å². The Morgan fingerprint density at radius 1 is 1.11 bits per heavy atom.